The predicted octanol–water partition coefficient (Wildman–Crippen LogP) is 1.55. The second kappa shape index (κ2) is 4.21. The Labute approximate surface area is 106 Å². The van der Waals surface area contributed by atoms with Gasteiger partial charge >= 0.3 is 0 Å². The first-order valence-electron chi connectivity index (χ1n) is 6.41. The second-order valence-corrected chi connectivity index (χ2v) is 5.11. The minimum absolute atomic E-state index is 0.0267. The Morgan fingerprint density at radius 3 is 2.22 bits per heavy atom. The number of benzene rings is 1. The molecule has 0 spiro atoms. The maximum Gasteiger partial charge on any atom is 0.261 e. The van der Waals surface area contributed by atoms with Gasteiger partial charge < -0.3 is 5.73 Å². The van der Waals surface area contributed by atoms with Crippen LogP contribution in [0.5, 0.6) is 0 Å². The molecule has 3 rings (SSSR count). The molecule has 1 heterocycles. The molecule has 0 unspecified atom stereocenters. The minimum atomic E-state index is -0.158. The Balaban J connectivity index is 1.92. The molecule has 1 aromatic rings. The molecule has 1 aliphatic heterocycles. The van der Waals surface area contributed by atoms with Crippen molar-refractivity contribution in [2.75, 3.05) is 0 Å². The molecular weight excluding hydrogens is 228 g/mol. The number of rotatable bonds is 1. The molecule has 2 atom stereocenters. The fourth-order valence-electron chi connectivity index (χ4n) is 2.97. The van der Waals surface area contributed by atoms with Gasteiger partial charge in [0.2, 0.25) is 0 Å². The van der Waals surface area contributed by atoms with E-state index in [2.05, 4.69) is 0 Å². The number of fused-ring (bicyclic) bond motifs is 1. The van der Waals surface area contributed by atoms with Crippen LogP contribution in [0, 0.1) is 0 Å². The summed E-state index contributed by atoms with van der Waals surface area (Å²) in [4.78, 5) is 26.0. The van der Waals surface area contributed by atoms with E-state index in [1.165, 1.54) is 4.90 Å². The quantitative estimate of drug-likeness (QED) is 0.762. The standard InChI is InChI=1S/C14H16N2O2/c15-9-4-3-5-10(8-9)16-13(17)11-6-1-2-7-12(11)14(16)18/h1-2,6-7,9-10H,3-5,8,15H2/t9-,10-/m1/s1. The van der Waals surface area contributed by atoms with E-state index in [-0.39, 0.29) is 23.9 Å². The highest BCUT2D eigenvalue weighted by Gasteiger charge is 2.40. The molecule has 4 heteroatoms. The molecule has 4 nitrogen and oxygen atoms in total. The van der Waals surface area contributed by atoms with E-state index in [4.69, 9.17) is 5.73 Å². The summed E-state index contributed by atoms with van der Waals surface area (Å²) in [6.07, 6.45) is 3.57. The summed E-state index contributed by atoms with van der Waals surface area (Å²) < 4.78 is 0. The van der Waals surface area contributed by atoms with Crippen LogP contribution in [0.1, 0.15) is 46.4 Å². The fourth-order valence-corrected chi connectivity index (χ4v) is 2.97. The molecule has 2 N–H and O–H groups in total. The third-order valence-corrected chi connectivity index (χ3v) is 3.88. The van der Waals surface area contributed by atoms with Crippen LogP contribution in [0.4, 0.5) is 0 Å². The number of nitrogens with two attached hydrogens (primary N) is 1. The van der Waals surface area contributed by atoms with Crippen molar-refractivity contribution in [3.63, 3.8) is 0 Å². The monoisotopic (exact) mass is 244 g/mol. The van der Waals surface area contributed by atoms with E-state index in [0.29, 0.717) is 11.1 Å². The van der Waals surface area contributed by atoms with Crippen molar-refractivity contribution in [3.8, 4) is 0 Å². The zero-order valence-electron chi connectivity index (χ0n) is 10.1. The molecule has 2 aliphatic rings. The van der Waals surface area contributed by atoms with Gasteiger partial charge in [-0.3, -0.25) is 14.5 Å². The summed E-state index contributed by atoms with van der Waals surface area (Å²) in [6.45, 7) is 0. The largest absolute Gasteiger partial charge is 0.328 e. The minimum Gasteiger partial charge on any atom is -0.328 e. The topological polar surface area (TPSA) is 63.4 Å². The lowest BCUT2D eigenvalue weighted by Crippen LogP contribution is -2.45. The Morgan fingerprint density at radius 2 is 1.67 bits per heavy atom. The number of hydrogen-bond acceptors (Lipinski definition) is 3. The van der Waals surface area contributed by atoms with Gasteiger partial charge in [0.25, 0.3) is 11.8 Å². The zero-order valence-corrected chi connectivity index (χ0v) is 10.1. The van der Waals surface area contributed by atoms with Gasteiger partial charge in [-0.2, -0.15) is 0 Å². The van der Waals surface area contributed by atoms with Crippen molar-refractivity contribution < 1.29 is 9.59 Å². The number of carbonyl (C=O) groups is 2. The fraction of sp³-hybridized carbons (Fsp3) is 0.429. The van der Waals surface area contributed by atoms with Gasteiger partial charge in [0, 0.05) is 12.1 Å². The molecule has 94 valence electrons. The summed E-state index contributed by atoms with van der Waals surface area (Å²) in [5.41, 5.74) is 7.00. The first-order valence-corrected chi connectivity index (χ1v) is 6.41. The average molecular weight is 244 g/mol. The second-order valence-electron chi connectivity index (χ2n) is 5.11. The van der Waals surface area contributed by atoms with Crippen LogP contribution in [-0.2, 0) is 0 Å². The third-order valence-electron chi connectivity index (χ3n) is 3.88. The first kappa shape index (κ1) is 11.4. The van der Waals surface area contributed by atoms with Crippen LogP contribution in [0.15, 0.2) is 24.3 Å². The number of amides is 2. The van der Waals surface area contributed by atoms with E-state index < -0.39 is 0 Å². The Kier molecular flexibility index (Phi) is 2.67. The Hall–Kier alpha value is -1.68. The van der Waals surface area contributed by atoms with Gasteiger partial charge in [-0.05, 0) is 37.8 Å². The van der Waals surface area contributed by atoms with Crippen molar-refractivity contribution in [3.05, 3.63) is 35.4 Å². The summed E-state index contributed by atoms with van der Waals surface area (Å²) >= 11 is 0. The number of imide groups is 1. The molecule has 1 fully saturated rings. The van der Waals surface area contributed by atoms with E-state index in [9.17, 15) is 9.59 Å². The van der Waals surface area contributed by atoms with E-state index in [1.807, 2.05) is 0 Å². The maximum atomic E-state index is 12.3. The highest BCUT2D eigenvalue weighted by Crippen LogP contribution is 2.30. The number of nitrogens with zero attached hydrogens (tertiary/aromatic N) is 1. The van der Waals surface area contributed by atoms with Crippen molar-refractivity contribution in [2.24, 2.45) is 5.73 Å². The molecule has 18 heavy (non-hydrogen) atoms. The highest BCUT2D eigenvalue weighted by molar-refractivity contribution is 6.21. The van der Waals surface area contributed by atoms with E-state index in [1.54, 1.807) is 24.3 Å². The van der Waals surface area contributed by atoms with Crippen LogP contribution in [0.2, 0.25) is 0 Å². The Morgan fingerprint density at radius 1 is 1.06 bits per heavy atom. The lowest BCUT2D eigenvalue weighted by Gasteiger charge is -2.32. The predicted molar refractivity (Wildman–Crippen MR) is 67.2 cm³/mol. The van der Waals surface area contributed by atoms with Crippen LogP contribution < -0.4 is 5.73 Å². The third kappa shape index (κ3) is 1.64. The lowest BCUT2D eigenvalue weighted by atomic mass is 9.90. The van der Waals surface area contributed by atoms with Crippen molar-refractivity contribution in [2.45, 2.75) is 37.8 Å². The molecular formula is C14H16N2O2. The van der Waals surface area contributed by atoms with Crippen molar-refractivity contribution in [1.82, 2.24) is 4.90 Å². The molecule has 0 bridgehead atoms. The number of hydrogen-bond donors (Lipinski definition) is 1. The summed E-state index contributed by atoms with van der Waals surface area (Å²) in [5, 5.41) is 0. The SMILES string of the molecule is N[C@@H]1CCC[C@@H](N2C(=O)c3ccccc3C2=O)C1. The molecule has 0 aromatic heterocycles. The van der Waals surface area contributed by atoms with Gasteiger partial charge in [-0.1, -0.05) is 12.1 Å². The van der Waals surface area contributed by atoms with E-state index >= 15 is 0 Å². The normalized spacial score (nSPS) is 27.5. The molecule has 0 saturated heterocycles. The molecule has 1 saturated carbocycles. The molecule has 1 aliphatic carbocycles. The van der Waals surface area contributed by atoms with Crippen LogP contribution in [0.25, 0.3) is 0 Å². The first-order chi connectivity index (χ1) is 8.68. The lowest BCUT2D eigenvalue weighted by molar-refractivity contribution is 0.0541. The van der Waals surface area contributed by atoms with Gasteiger partial charge in [0.1, 0.15) is 0 Å². The molecule has 2 amide bonds. The average Bonchev–Trinajstić information content (AvgIpc) is 2.63. The van der Waals surface area contributed by atoms with Crippen LogP contribution >= 0.6 is 0 Å². The van der Waals surface area contributed by atoms with Crippen molar-refractivity contribution >= 4 is 11.8 Å². The maximum absolute atomic E-state index is 12.3. The summed E-state index contributed by atoms with van der Waals surface area (Å²) in [6, 6.07) is 7.10. The van der Waals surface area contributed by atoms with Gasteiger partial charge in [-0.25, -0.2) is 0 Å². The van der Waals surface area contributed by atoms with Crippen LogP contribution in [-0.4, -0.2) is 28.8 Å². The summed E-state index contributed by atoms with van der Waals surface area (Å²) in [7, 11) is 0. The summed E-state index contributed by atoms with van der Waals surface area (Å²) in [5.74, 6) is -0.315. The smallest absolute Gasteiger partial charge is 0.261 e. The van der Waals surface area contributed by atoms with E-state index in [0.717, 1.165) is 25.7 Å². The Bertz CT molecular complexity index is 477. The highest BCUT2D eigenvalue weighted by atomic mass is 16.2. The van der Waals surface area contributed by atoms with Gasteiger partial charge in [0.15, 0.2) is 0 Å². The number of carbonyl (C=O) groups excluding carboxylic acids is 2. The van der Waals surface area contributed by atoms with Crippen LogP contribution in [0.3, 0.4) is 0 Å². The van der Waals surface area contributed by atoms with Gasteiger partial charge in [-0.15, -0.1) is 0 Å². The zero-order chi connectivity index (χ0) is 12.7. The molecule has 1 aromatic carbocycles. The van der Waals surface area contributed by atoms with Gasteiger partial charge in [0.05, 0.1) is 11.1 Å². The molecule has 0 radical (unpaired) electrons. The van der Waals surface area contributed by atoms with Crippen molar-refractivity contribution in [1.29, 1.82) is 0 Å².